The number of benzene rings is 1. The Morgan fingerprint density at radius 3 is 2.69 bits per heavy atom. The number of nitrogens with zero attached hydrogens (tertiary/aromatic N) is 2. The van der Waals surface area contributed by atoms with Gasteiger partial charge in [-0.15, -0.1) is 0 Å². The van der Waals surface area contributed by atoms with Gasteiger partial charge < -0.3 is 5.73 Å². The van der Waals surface area contributed by atoms with Crippen molar-refractivity contribution in [2.75, 3.05) is 5.73 Å². The fourth-order valence-corrected chi connectivity index (χ4v) is 1.42. The summed E-state index contributed by atoms with van der Waals surface area (Å²) in [6, 6.07) is 3.60. The van der Waals surface area contributed by atoms with Gasteiger partial charge in [0.05, 0.1) is 6.20 Å². The van der Waals surface area contributed by atoms with Gasteiger partial charge in [-0.25, -0.2) is 18.7 Å². The van der Waals surface area contributed by atoms with E-state index in [1.807, 2.05) is 0 Å². The van der Waals surface area contributed by atoms with Gasteiger partial charge in [0.2, 0.25) is 5.28 Å². The van der Waals surface area contributed by atoms with Crippen LogP contribution in [0.25, 0.3) is 11.3 Å². The summed E-state index contributed by atoms with van der Waals surface area (Å²) in [7, 11) is 0. The summed E-state index contributed by atoms with van der Waals surface area (Å²) in [5.41, 5.74) is 5.89. The molecule has 0 radical (unpaired) electrons. The molecule has 0 fully saturated rings. The van der Waals surface area contributed by atoms with E-state index in [9.17, 15) is 8.78 Å². The van der Waals surface area contributed by atoms with Gasteiger partial charge in [0.25, 0.3) is 0 Å². The number of aromatic nitrogens is 2. The highest BCUT2D eigenvalue weighted by atomic mass is 35.5. The normalized spacial score (nSPS) is 10.4. The topological polar surface area (TPSA) is 51.8 Å². The standard InChI is InChI=1S/C10H6ClF2N3/c11-10-15-4-7(13)9(16-10)6-2-1-5(12)3-8(6)14/h1-4H,14H2. The van der Waals surface area contributed by atoms with Crippen LogP contribution in [0.15, 0.2) is 24.4 Å². The van der Waals surface area contributed by atoms with E-state index in [0.717, 1.165) is 12.3 Å². The van der Waals surface area contributed by atoms with Crippen molar-refractivity contribution in [1.82, 2.24) is 9.97 Å². The van der Waals surface area contributed by atoms with Gasteiger partial charge in [-0.3, -0.25) is 0 Å². The number of hydrogen-bond acceptors (Lipinski definition) is 3. The van der Waals surface area contributed by atoms with Crippen molar-refractivity contribution >= 4 is 17.3 Å². The molecule has 0 aliphatic rings. The van der Waals surface area contributed by atoms with Gasteiger partial charge >= 0.3 is 0 Å². The predicted octanol–water partition coefficient (Wildman–Crippen LogP) is 2.66. The van der Waals surface area contributed by atoms with Crippen LogP contribution in [0.4, 0.5) is 14.5 Å². The first-order chi connectivity index (χ1) is 7.58. The minimum absolute atomic E-state index is 0.0440. The molecule has 0 aliphatic heterocycles. The zero-order valence-electron chi connectivity index (χ0n) is 7.92. The third-order valence-corrected chi connectivity index (χ3v) is 2.17. The van der Waals surface area contributed by atoms with Gasteiger partial charge in [-0.05, 0) is 29.8 Å². The van der Waals surface area contributed by atoms with Crippen LogP contribution in [-0.2, 0) is 0 Å². The number of nitrogen functional groups attached to an aromatic ring is 1. The minimum atomic E-state index is -0.664. The van der Waals surface area contributed by atoms with Crippen molar-refractivity contribution in [3.8, 4) is 11.3 Å². The van der Waals surface area contributed by atoms with Gasteiger partial charge in [0.15, 0.2) is 5.82 Å². The average Bonchev–Trinajstić information content (AvgIpc) is 2.22. The quantitative estimate of drug-likeness (QED) is 0.617. The molecule has 0 saturated carbocycles. The summed E-state index contributed by atoms with van der Waals surface area (Å²) in [6.45, 7) is 0. The first kappa shape index (κ1) is 10.8. The Labute approximate surface area is 94.9 Å². The Morgan fingerprint density at radius 1 is 1.25 bits per heavy atom. The molecule has 2 N–H and O–H groups in total. The van der Waals surface area contributed by atoms with Gasteiger partial charge in [-0.1, -0.05) is 0 Å². The van der Waals surface area contributed by atoms with E-state index < -0.39 is 11.6 Å². The van der Waals surface area contributed by atoms with E-state index in [-0.39, 0.29) is 22.2 Å². The highest BCUT2D eigenvalue weighted by molar-refractivity contribution is 6.28. The fourth-order valence-electron chi connectivity index (χ4n) is 1.28. The smallest absolute Gasteiger partial charge is 0.223 e. The average molecular weight is 242 g/mol. The van der Waals surface area contributed by atoms with Crippen molar-refractivity contribution in [1.29, 1.82) is 0 Å². The van der Waals surface area contributed by atoms with Crippen LogP contribution < -0.4 is 5.73 Å². The summed E-state index contributed by atoms with van der Waals surface area (Å²) < 4.78 is 26.2. The molecule has 1 aromatic heterocycles. The molecule has 0 aliphatic carbocycles. The van der Waals surface area contributed by atoms with E-state index in [0.29, 0.717) is 0 Å². The Balaban J connectivity index is 2.62. The van der Waals surface area contributed by atoms with Crippen molar-refractivity contribution in [3.63, 3.8) is 0 Å². The molecule has 1 aromatic carbocycles. The molecule has 2 rings (SSSR count). The maximum Gasteiger partial charge on any atom is 0.223 e. The summed E-state index contributed by atoms with van der Waals surface area (Å²) in [4.78, 5) is 7.19. The second-order valence-corrected chi connectivity index (χ2v) is 3.41. The lowest BCUT2D eigenvalue weighted by Crippen LogP contribution is -1.97. The molecule has 2 aromatic rings. The Bertz CT molecular complexity index is 546. The highest BCUT2D eigenvalue weighted by Crippen LogP contribution is 2.27. The number of nitrogens with two attached hydrogens (primary N) is 1. The predicted molar refractivity (Wildman–Crippen MR) is 56.8 cm³/mol. The number of rotatable bonds is 1. The Morgan fingerprint density at radius 2 is 2.00 bits per heavy atom. The van der Waals surface area contributed by atoms with Crippen molar-refractivity contribution in [2.24, 2.45) is 0 Å². The number of hydrogen-bond donors (Lipinski definition) is 1. The molecule has 0 spiro atoms. The van der Waals surface area contributed by atoms with Crippen LogP contribution in [0, 0.1) is 11.6 Å². The molecule has 3 nitrogen and oxygen atoms in total. The zero-order valence-corrected chi connectivity index (χ0v) is 8.67. The lowest BCUT2D eigenvalue weighted by atomic mass is 10.1. The third kappa shape index (κ3) is 1.94. The monoisotopic (exact) mass is 241 g/mol. The second kappa shape index (κ2) is 4.02. The molecule has 0 atom stereocenters. The lowest BCUT2D eigenvalue weighted by Gasteiger charge is -2.05. The van der Waals surface area contributed by atoms with Crippen LogP contribution in [0.1, 0.15) is 0 Å². The molecular formula is C10H6ClF2N3. The van der Waals surface area contributed by atoms with Crippen molar-refractivity contribution in [2.45, 2.75) is 0 Å². The molecule has 82 valence electrons. The number of anilines is 1. The van der Waals surface area contributed by atoms with Crippen LogP contribution in [0.2, 0.25) is 5.28 Å². The highest BCUT2D eigenvalue weighted by Gasteiger charge is 2.12. The first-order valence-electron chi connectivity index (χ1n) is 4.31. The third-order valence-electron chi connectivity index (χ3n) is 1.98. The van der Waals surface area contributed by atoms with E-state index in [1.54, 1.807) is 0 Å². The first-order valence-corrected chi connectivity index (χ1v) is 4.69. The van der Waals surface area contributed by atoms with Crippen LogP contribution in [0.3, 0.4) is 0 Å². The van der Waals surface area contributed by atoms with Crippen LogP contribution in [0.5, 0.6) is 0 Å². The maximum atomic E-state index is 13.4. The fraction of sp³-hybridized carbons (Fsp3) is 0. The summed E-state index contributed by atoms with van der Waals surface area (Å²) in [5, 5.41) is -0.0971. The van der Waals surface area contributed by atoms with Gasteiger partial charge in [-0.2, -0.15) is 0 Å². The van der Waals surface area contributed by atoms with E-state index >= 15 is 0 Å². The zero-order chi connectivity index (χ0) is 11.7. The van der Waals surface area contributed by atoms with Crippen molar-refractivity contribution in [3.05, 3.63) is 41.3 Å². The van der Waals surface area contributed by atoms with Crippen LogP contribution in [-0.4, -0.2) is 9.97 Å². The number of halogens is 3. The molecule has 16 heavy (non-hydrogen) atoms. The molecule has 0 bridgehead atoms. The van der Waals surface area contributed by atoms with E-state index in [2.05, 4.69) is 9.97 Å². The summed E-state index contributed by atoms with van der Waals surface area (Å²) >= 11 is 5.55. The molecule has 0 amide bonds. The van der Waals surface area contributed by atoms with E-state index in [4.69, 9.17) is 17.3 Å². The SMILES string of the molecule is Nc1cc(F)ccc1-c1nc(Cl)ncc1F. The Hall–Kier alpha value is -1.75. The summed E-state index contributed by atoms with van der Waals surface area (Å²) in [5.74, 6) is -1.16. The van der Waals surface area contributed by atoms with Crippen LogP contribution >= 0.6 is 11.6 Å². The second-order valence-electron chi connectivity index (χ2n) is 3.07. The largest absolute Gasteiger partial charge is 0.398 e. The van der Waals surface area contributed by atoms with Crippen molar-refractivity contribution < 1.29 is 8.78 Å². The Kier molecular flexibility index (Phi) is 2.70. The maximum absolute atomic E-state index is 13.4. The molecule has 6 heteroatoms. The molecule has 0 saturated heterocycles. The molecular weight excluding hydrogens is 236 g/mol. The summed E-state index contributed by atoms with van der Waals surface area (Å²) in [6.07, 6.45) is 0.938. The molecule has 1 heterocycles. The lowest BCUT2D eigenvalue weighted by molar-refractivity contribution is 0.617. The van der Waals surface area contributed by atoms with E-state index in [1.165, 1.54) is 12.1 Å². The van der Waals surface area contributed by atoms with Gasteiger partial charge in [0, 0.05) is 11.3 Å². The minimum Gasteiger partial charge on any atom is -0.398 e. The molecule has 0 unspecified atom stereocenters. The van der Waals surface area contributed by atoms with Gasteiger partial charge in [0.1, 0.15) is 11.5 Å².